The number of carbonyl (C=O) groups is 1. The van der Waals surface area contributed by atoms with Crippen molar-refractivity contribution < 1.29 is 9.72 Å². The summed E-state index contributed by atoms with van der Waals surface area (Å²) in [5.74, 6) is -0.174. The standard InChI is InChI=1S/C23H15N3O3S/c24-12-11-16(15-5-3-6-17(13-15)26(28)29)14-20(27)18-7-4-10-22-23(18)25-19-8-1-2-9-21(19)30-22/h1-11,13,25H,14H2. The second-order valence-corrected chi connectivity index (χ2v) is 7.69. The van der Waals surface area contributed by atoms with Gasteiger partial charge in [-0.3, -0.25) is 14.9 Å². The minimum absolute atomic E-state index is 0.0425. The number of nitriles is 1. The van der Waals surface area contributed by atoms with Crippen molar-refractivity contribution in [1.29, 1.82) is 5.26 Å². The molecule has 0 amide bonds. The summed E-state index contributed by atoms with van der Waals surface area (Å²) < 4.78 is 0. The van der Waals surface area contributed by atoms with E-state index in [1.54, 1.807) is 30.0 Å². The van der Waals surface area contributed by atoms with Gasteiger partial charge in [0, 0.05) is 40.0 Å². The van der Waals surface area contributed by atoms with Crippen molar-refractivity contribution in [3.05, 3.63) is 94.0 Å². The molecule has 3 aromatic rings. The highest BCUT2D eigenvalue weighted by molar-refractivity contribution is 7.99. The maximum atomic E-state index is 13.2. The van der Waals surface area contributed by atoms with Gasteiger partial charge in [0.25, 0.3) is 5.69 Å². The molecule has 7 heteroatoms. The Bertz CT molecular complexity index is 1240. The lowest BCUT2D eigenvalue weighted by molar-refractivity contribution is -0.384. The number of nitrogens with zero attached hydrogens (tertiary/aromatic N) is 2. The van der Waals surface area contributed by atoms with Crippen molar-refractivity contribution in [1.82, 2.24) is 0 Å². The van der Waals surface area contributed by atoms with Crippen LogP contribution in [0.1, 0.15) is 22.3 Å². The van der Waals surface area contributed by atoms with Gasteiger partial charge < -0.3 is 5.32 Å². The van der Waals surface area contributed by atoms with Gasteiger partial charge in [-0.05, 0) is 35.4 Å². The van der Waals surface area contributed by atoms with E-state index in [1.165, 1.54) is 18.2 Å². The SMILES string of the molecule is N#CC=C(CC(=O)c1cccc2c1Nc1ccccc1S2)c1cccc([N+](=O)[O-])c1. The van der Waals surface area contributed by atoms with E-state index in [1.807, 2.05) is 42.5 Å². The molecule has 0 radical (unpaired) electrons. The number of rotatable bonds is 5. The van der Waals surface area contributed by atoms with E-state index in [0.717, 1.165) is 21.2 Å². The molecule has 1 aliphatic rings. The van der Waals surface area contributed by atoms with E-state index >= 15 is 0 Å². The molecular formula is C23H15N3O3S. The summed E-state index contributed by atoms with van der Waals surface area (Å²) in [4.78, 5) is 25.8. The third kappa shape index (κ3) is 3.81. The fraction of sp³-hybridized carbons (Fsp3) is 0.0435. The number of nitro groups is 1. The van der Waals surface area contributed by atoms with E-state index in [9.17, 15) is 20.2 Å². The zero-order chi connectivity index (χ0) is 21.1. The van der Waals surface area contributed by atoms with Gasteiger partial charge in [-0.1, -0.05) is 42.1 Å². The number of para-hydroxylation sites is 2. The second kappa shape index (κ2) is 8.23. The Hall–Kier alpha value is -3.89. The quantitative estimate of drug-likeness (QED) is 0.187. The van der Waals surface area contributed by atoms with Crippen LogP contribution in [0.4, 0.5) is 17.1 Å². The van der Waals surface area contributed by atoms with Crippen LogP contribution in [0.2, 0.25) is 0 Å². The van der Waals surface area contributed by atoms with Crippen LogP contribution in [0.5, 0.6) is 0 Å². The molecule has 0 fully saturated rings. The number of ketones is 1. The number of hydrogen-bond acceptors (Lipinski definition) is 6. The number of nitrogens with one attached hydrogen (secondary N) is 1. The molecule has 0 bridgehead atoms. The first-order valence-electron chi connectivity index (χ1n) is 9.10. The average Bonchev–Trinajstić information content (AvgIpc) is 2.77. The van der Waals surface area contributed by atoms with E-state index in [0.29, 0.717) is 16.7 Å². The van der Waals surface area contributed by atoms with Crippen LogP contribution in [-0.4, -0.2) is 10.7 Å². The highest BCUT2D eigenvalue weighted by atomic mass is 32.2. The molecule has 0 spiro atoms. The summed E-state index contributed by atoms with van der Waals surface area (Å²) in [6, 6.07) is 21.3. The lowest BCUT2D eigenvalue weighted by Gasteiger charge is -2.23. The molecule has 0 aliphatic carbocycles. The first kappa shape index (κ1) is 19.4. The Morgan fingerprint density at radius 2 is 1.87 bits per heavy atom. The van der Waals surface area contributed by atoms with Gasteiger partial charge in [0.2, 0.25) is 0 Å². The number of anilines is 2. The van der Waals surface area contributed by atoms with Gasteiger partial charge >= 0.3 is 0 Å². The molecule has 3 aromatic carbocycles. The van der Waals surface area contributed by atoms with Crippen LogP contribution in [0, 0.1) is 21.4 Å². The molecule has 0 saturated carbocycles. The average molecular weight is 413 g/mol. The molecule has 1 aliphatic heterocycles. The fourth-order valence-corrected chi connectivity index (χ4v) is 4.31. The lowest BCUT2D eigenvalue weighted by Crippen LogP contribution is -2.08. The molecule has 1 N–H and O–H groups in total. The van der Waals surface area contributed by atoms with Crippen molar-refractivity contribution in [2.24, 2.45) is 0 Å². The number of non-ortho nitro benzene ring substituents is 1. The summed E-state index contributed by atoms with van der Waals surface area (Å²) in [5, 5.41) is 23.6. The molecule has 0 saturated heterocycles. The summed E-state index contributed by atoms with van der Waals surface area (Å²) in [6.45, 7) is 0. The maximum Gasteiger partial charge on any atom is 0.270 e. The number of fused-ring (bicyclic) bond motifs is 2. The number of hydrogen-bond donors (Lipinski definition) is 1. The Morgan fingerprint density at radius 3 is 2.67 bits per heavy atom. The highest BCUT2D eigenvalue weighted by Gasteiger charge is 2.22. The second-order valence-electron chi connectivity index (χ2n) is 6.61. The van der Waals surface area contributed by atoms with Crippen LogP contribution in [0.3, 0.4) is 0 Å². The topological polar surface area (TPSA) is 96.0 Å². The summed E-state index contributed by atoms with van der Waals surface area (Å²) >= 11 is 1.59. The van der Waals surface area contributed by atoms with Crippen molar-refractivity contribution >= 4 is 40.2 Å². The van der Waals surface area contributed by atoms with Crippen molar-refractivity contribution in [2.45, 2.75) is 16.2 Å². The van der Waals surface area contributed by atoms with Gasteiger partial charge in [0.15, 0.2) is 5.78 Å². The summed E-state index contributed by atoms with van der Waals surface area (Å²) in [6.07, 6.45) is 1.23. The third-order valence-electron chi connectivity index (χ3n) is 4.71. The fourth-order valence-electron chi connectivity index (χ4n) is 3.29. The molecule has 4 rings (SSSR count). The maximum absolute atomic E-state index is 13.2. The molecular weight excluding hydrogens is 398 g/mol. The number of benzene rings is 3. The Balaban J connectivity index is 1.66. The number of allylic oxidation sites excluding steroid dienone is 2. The van der Waals surface area contributed by atoms with E-state index in [-0.39, 0.29) is 17.9 Å². The molecule has 6 nitrogen and oxygen atoms in total. The van der Waals surface area contributed by atoms with Crippen LogP contribution in [0.15, 0.2) is 82.6 Å². The minimum atomic E-state index is -0.499. The number of Topliss-reactive ketones (excluding diaryl/α,β-unsaturated/α-hetero) is 1. The van der Waals surface area contributed by atoms with Gasteiger partial charge in [0.05, 0.1) is 22.4 Å². The lowest BCUT2D eigenvalue weighted by atomic mass is 9.96. The predicted octanol–water partition coefficient (Wildman–Crippen LogP) is 5.98. The van der Waals surface area contributed by atoms with Gasteiger partial charge in [-0.15, -0.1) is 0 Å². The van der Waals surface area contributed by atoms with Crippen molar-refractivity contribution in [2.75, 3.05) is 5.32 Å². The van der Waals surface area contributed by atoms with E-state index < -0.39 is 4.92 Å². The van der Waals surface area contributed by atoms with Gasteiger partial charge in [0.1, 0.15) is 0 Å². The monoisotopic (exact) mass is 413 g/mol. The third-order valence-corrected chi connectivity index (χ3v) is 5.85. The van der Waals surface area contributed by atoms with E-state index in [4.69, 9.17) is 0 Å². The zero-order valence-electron chi connectivity index (χ0n) is 15.7. The Morgan fingerprint density at radius 1 is 1.10 bits per heavy atom. The minimum Gasteiger partial charge on any atom is -0.353 e. The van der Waals surface area contributed by atoms with Crippen molar-refractivity contribution in [3.8, 4) is 6.07 Å². The van der Waals surface area contributed by atoms with Crippen LogP contribution >= 0.6 is 11.8 Å². The molecule has 0 unspecified atom stereocenters. The molecule has 0 atom stereocenters. The predicted molar refractivity (Wildman–Crippen MR) is 116 cm³/mol. The Kier molecular flexibility index (Phi) is 5.33. The zero-order valence-corrected chi connectivity index (χ0v) is 16.5. The van der Waals surface area contributed by atoms with Gasteiger partial charge in [-0.25, -0.2) is 0 Å². The molecule has 1 heterocycles. The normalized spacial score (nSPS) is 12.2. The van der Waals surface area contributed by atoms with Crippen LogP contribution in [0.25, 0.3) is 5.57 Å². The first-order chi connectivity index (χ1) is 14.6. The summed E-state index contributed by atoms with van der Waals surface area (Å²) in [5.41, 5.74) is 3.02. The molecule has 146 valence electrons. The smallest absolute Gasteiger partial charge is 0.270 e. The van der Waals surface area contributed by atoms with Gasteiger partial charge in [-0.2, -0.15) is 5.26 Å². The number of nitro benzene ring substituents is 1. The number of carbonyl (C=O) groups excluding carboxylic acids is 1. The molecule has 30 heavy (non-hydrogen) atoms. The van der Waals surface area contributed by atoms with Crippen LogP contribution < -0.4 is 5.32 Å². The van der Waals surface area contributed by atoms with Crippen LogP contribution in [-0.2, 0) is 0 Å². The van der Waals surface area contributed by atoms with Crippen molar-refractivity contribution in [3.63, 3.8) is 0 Å². The summed E-state index contributed by atoms with van der Waals surface area (Å²) in [7, 11) is 0. The van der Waals surface area contributed by atoms with E-state index in [2.05, 4.69) is 5.32 Å². The first-order valence-corrected chi connectivity index (χ1v) is 9.92. The largest absolute Gasteiger partial charge is 0.353 e. The Labute approximate surface area is 177 Å². The highest BCUT2D eigenvalue weighted by Crippen LogP contribution is 2.45. The molecule has 0 aromatic heterocycles.